The minimum Gasteiger partial charge on any atom is -0.494 e. The Morgan fingerprint density at radius 3 is 2.46 bits per heavy atom. The zero-order chi connectivity index (χ0) is 20.3. The van der Waals surface area contributed by atoms with Crippen LogP contribution in [0.25, 0.3) is 0 Å². The molecule has 148 valence electrons. The molecule has 2 N–H and O–H groups in total. The molecule has 1 heterocycles. The molecule has 1 aliphatic heterocycles. The molecule has 0 spiro atoms. The van der Waals surface area contributed by atoms with Gasteiger partial charge in [-0.05, 0) is 55.4 Å². The fourth-order valence-electron chi connectivity index (χ4n) is 3.07. The topological polar surface area (TPSA) is 53.6 Å². The fourth-order valence-corrected chi connectivity index (χ4v) is 4.15. The van der Waals surface area contributed by atoms with E-state index >= 15 is 0 Å². The zero-order valence-corrected chi connectivity index (χ0v) is 18.1. The van der Waals surface area contributed by atoms with Crippen molar-refractivity contribution in [2.45, 2.75) is 12.8 Å². The second-order valence-electron chi connectivity index (χ2n) is 6.24. The monoisotopic (exact) mass is 457 g/mol. The van der Waals surface area contributed by atoms with Crippen molar-refractivity contribution in [1.82, 2.24) is 5.32 Å². The predicted octanol–water partition coefficient (Wildman–Crippen LogP) is 5.38. The Morgan fingerprint density at radius 1 is 1.11 bits per heavy atom. The lowest BCUT2D eigenvalue weighted by Crippen LogP contribution is -2.34. The van der Waals surface area contributed by atoms with Crippen LogP contribution in [-0.2, 0) is 0 Å². The number of carbonyl (C=O) groups excluding carboxylic acids is 1. The van der Waals surface area contributed by atoms with E-state index in [1.165, 1.54) is 32.1 Å². The first kappa shape index (κ1) is 21.0. The highest BCUT2D eigenvalue weighted by Gasteiger charge is 2.19. The Morgan fingerprint density at radius 2 is 1.82 bits per heavy atom. The van der Waals surface area contributed by atoms with E-state index in [4.69, 9.17) is 51.8 Å². The highest BCUT2D eigenvalue weighted by molar-refractivity contribution is 7.80. The molecule has 1 aliphatic rings. The molecule has 28 heavy (non-hydrogen) atoms. The van der Waals surface area contributed by atoms with Crippen molar-refractivity contribution >= 4 is 69.4 Å². The first-order chi connectivity index (χ1) is 13.4. The summed E-state index contributed by atoms with van der Waals surface area (Å²) in [5.74, 6) is -0.261. The zero-order valence-electron chi connectivity index (χ0n) is 15.0. The van der Waals surface area contributed by atoms with E-state index in [1.807, 2.05) is 12.1 Å². The molecule has 0 aliphatic carbocycles. The Bertz CT molecular complexity index is 918. The highest BCUT2D eigenvalue weighted by Crippen LogP contribution is 2.33. The number of nitrogens with one attached hydrogen (secondary N) is 2. The molecule has 0 atom stereocenters. The summed E-state index contributed by atoms with van der Waals surface area (Å²) in [7, 11) is 1.42. The van der Waals surface area contributed by atoms with E-state index in [1.54, 1.807) is 6.07 Å². The van der Waals surface area contributed by atoms with E-state index in [2.05, 4.69) is 15.5 Å². The number of ether oxygens (including phenoxy) is 1. The minimum atomic E-state index is -0.487. The van der Waals surface area contributed by atoms with Gasteiger partial charge in [0.15, 0.2) is 5.11 Å². The predicted molar refractivity (Wildman–Crippen MR) is 120 cm³/mol. The second-order valence-corrected chi connectivity index (χ2v) is 7.90. The van der Waals surface area contributed by atoms with Gasteiger partial charge in [0, 0.05) is 23.8 Å². The molecule has 0 unspecified atom stereocenters. The summed E-state index contributed by atoms with van der Waals surface area (Å²) in [6, 6.07) is 8.56. The molecule has 1 saturated heterocycles. The number of methoxy groups -OCH3 is 1. The molecule has 1 fully saturated rings. The van der Waals surface area contributed by atoms with E-state index in [0.717, 1.165) is 18.8 Å². The third-order valence-electron chi connectivity index (χ3n) is 4.34. The van der Waals surface area contributed by atoms with Gasteiger partial charge in [-0.3, -0.25) is 10.1 Å². The number of halogens is 3. The number of hydrogen-bond donors (Lipinski definition) is 2. The summed E-state index contributed by atoms with van der Waals surface area (Å²) in [4.78, 5) is 14.8. The van der Waals surface area contributed by atoms with Crippen molar-refractivity contribution in [1.29, 1.82) is 0 Å². The van der Waals surface area contributed by atoms with E-state index < -0.39 is 5.91 Å². The fraction of sp³-hybridized carbons (Fsp3) is 0.263. The lowest BCUT2D eigenvalue weighted by Gasteiger charge is -2.20. The van der Waals surface area contributed by atoms with Crippen LogP contribution < -0.4 is 20.3 Å². The summed E-state index contributed by atoms with van der Waals surface area (Å²) in [6.07, 6.45) is 2.34. The molecule has 2 aromatic rings. The lowest BCUT2D eigenvalue weighted by molar-refractivity contribution is 0.0975. The second kappa shape index (κ2) is 9.18. The Labute approximate surface area is 183 Å². The van der Waals surface area contributed by atoms with Crippen molar-refractivity contribution in [3.63, 3.8) is 0 Å². The maximum absolute atomic E-state index is 12.6. The quantitative estimate of drug-likeness (QED) is 0.602. The SMILES string of the molecule is COc1c(Cl)cc(Cl)cc1C(=O)NC(=S)Nc1ccc(N2CCCC2)c(Cl)c1. The molecular weight excluding hydrogens is 441 g/mol. The summed E-state index contributed by atoms with van der Waals surface area (Å²) >= 11 is 23.7. The van der Waals surface area contributed by atoms with Gasteiger partial charge >= 0.3 is 0 Å². The first-order valence-electron chi connectivity index (χ1n) is 8.59. The van der Waals surface area contributed by atoms with Gasteiger partial charge in [0.25, 0.3) is 5.91 Å². The van der Waals surface area contributed by atoms with Crippen LogP contribution >= 0.6 is 47.0 Å². The maximum Gasteiger partial charge on any atom is 0.261 e. The van der Waals surface area contributed by atoms with E-state index in [9.17, 15) is 4.79 Å². The number of carbonyl (C=O) groups is 1. The van der Waals surface area contributed by atoms with Gasteiger partial charge in [0.1, 0.15) is 5.75 Å². The molecule has 0 aromatic heterocycles. The number of rotatable bonds is 4. The summed E-state index contributed by atoms with van der Waals surface area (Å²) in [5, 5.41) is 6.86. The molecular formula is C19H18Cl3N3O2S. The van der Waals surface area contributed by atoms with Gasteiger partial charge in [-0.15, -0.1) is 0 Å². The number of hydrogen-bond acceptors (Lipinski definition) is 4. The molecule has 0 saturated carbocycles. The third kappa shape index (κ3) is 4.81. The van der Waals surface area contributed by atoms with Crippen LogP contribution in [0, 0.1) is 0 Å². The number of amides is 1. The van der Waals surface area contributed by atoms with Crippen LogP contribution in [-0.4, -0.2) is 31.2 Å². The average Bonchev–Trinajstić information content (AvgIpc) is 3.15. The average molecular weight is 459 g/mol. The van der Waals surface area contributed by atoms with Gasteiger partial charge in [-0.25, -0.2) is 0 Å². The number of nitrogens with zero attached hydrogens (tertiary/aromatic N) is 1. The molecule has 0 bridgehead atoms. The number of anilines is 2. The molecule has 9 heteroatoms. The van der Waals surface area contributed by atoms with Crippen molar-refractivity contribution in [2.75, 3.05) is 30.4 Å². The first-order valence-corrected chi connectivity index (χ1v) is 10.1. The van der Waals surface area contributed by atoms with Crippen LogP contribution in [0.2, 0.25) is 15.1 Å². The highest BCUT2D eigenvalue weighted by atomic mass is 35.5. The Hall–Kier alpha value is -1.73. The summed E-state index contributed by atoms with van der Waals surface area (Å²) in [5.41, 5.74) is 1.86. The third-order valence-corrected chi connectivity index (χ3v) is 5.34. The van der Waals surface area contributed by atoms with E-state index in [0.29, 0.717) is 15.7 Å². The van der Waals surface area contributed by atoms with Gasteiger partial charge in [-0.2, -0.15) is 0 Å². The Balaban J connectivity index is 1.69. The van der Waals surface area contributed by atoms with Gasteiger partial charge < -0.3 is 15.0 Å². The van der Waals surface area contributed by atoms with Gasteiger partial charge in [-0.1, -0.05) is 34.8 Å². The number of thiocarbonyl (C=S) groups is 1. The van der Waals surface area contributed by atoms with Gasteiger partial charge in [0.05, 0.1) is 28.4 Å². The molecule has 5 nitrogen and oxygen atoms in total. The summed E-state index contributed by atoms with van der Waals surface area (Å²) < 4.78 is 5.19. The molecule has 2 aromatic carbocycles. The Kier molecular flexibility index (Phi) is 6.88. The van der Waals surface area contributed by atoms with Crippen molar-refractivity contribution in [2.24, 2.45) is 0 Å². The van der Waals surface area contributed by atoms with Crippen molar-refractivity contribution in [3.05, 3.63) is 51.0 Å². The van der Waals surface area contributed by atoms with Crippen LogP contribution in [0.15, 0.2) is 30.3 Å². The maximum atomic E-state index is 12.6. The molecule has 1 amide bonds. The summed E-state index contributed by atoms with van der Waals surface area (Å²) in [6.45, 7) is 2.01. The smallest absolute Gasteiger partial charge is 0.261 e. The van der Waals surface area contributed by atoms with Crippen molar-refractivity contribution < 1.29 is 9.53 Å². The molecule has 0 radical (unpaired) electrons. The lowest BCUT2D eigenvalue weighted by atomic mass is 10.2. The largest absolute Gasteiger partial charge is 0.494 e. The van der Waals surface area contributed by atoms with Crippen LogP contribution in [0.3, 0.4) is 0 Å². The van der Waals surface area contributed by atoms with Crippen LogP contribution in [0.1, 0.15) is 23.2 Å². The normalized spacial score (nSPS) is 13.4. The van der Waals surface area contributed by atoms with Crippen LogP contribution in [0.5, 0.6) is 5.75 Å². The molecule has 3 rings (SSSR count). The van der Waals surface area contributed by atoms with Crippen LogP contribution in [0.4, 0.5) is 11.4 Å². The van der Waals surface area contributed by atoms with Gasteiger partial charge in [0.2, 0.25) is 0 Å². The minimum absolute atomic E-state index is 0.119. The standard InChI is InChI=1S/C19H18Cl3N3O2S/c1-27-17-13(8-11(20)9-15(17)22)18(26)24-19(28)23-12-4-5-16(14(21)10-12)25-6-2-3-7-25/h4-5,8-10H,2-3,6-7H2,1H3,(H2,23,24,26,28). The van der Waals surface area contributed by atoms with E-state index in [-0.39, 0.29) is 21.4 Å². The number of benzene rings is 2. The van der Waals surface area contributed by atoms with Crippen molar-refractivity contribution in [3.8, 4) is 5.75 Å².